The van der Waals surface area contributed by atoms with Gasteiger partial charge in [-0.25, -0.2) is 9.37 Å². The van der Waals surface area contributed by atoms with Gasteiger partial charge in [-0.3, -0.25) is 0 Å². The van der Waals surface area contributed by atoms with Gasteiger partial charge in [-0.2, -0.15) is 0 Å². The van der Waals surface area contributed by atoms with Crippen molar-refractivity contribution in [2.45, 2.75) is 0 Å². The molecule has 0 amide bonds. The summed E-state index contributed by atoms with van der Waals surface area (Å²) in [7, 11) is 1.05. The number of aromatic nitrogens is 1. The first-order valence-corrected chi connectivity index (χ1v) is 3.35. The number of rotatable bonds is 2. The summed E-state index contributed by atoms with van der Waals surface area (Å²) in [5.74, 6) is -2.10. The van der Waals surface area contributed by atoms with Crippen molar-refractivity contribution in [2.75, 3.05) is 7.11 Å². The summed E-state index contributed by atoms with van der Waals surface area (Å²) < 4.78 is 53.5. The highest BCUT2D eigenvalue weighted by Gasteiger charge is 2.30. The molecule has 1 aromatic heterocycles. The van der Waals surface area contributed by atoms with Gasteiger partial charge >= 0.3 is 6.98 Å². The molecule has 0 atom stereocenters. The quantitative estimate of drug-likeness (QED) is 0.522. The average molecular weight is 194 g/mol. The molecule has 0 fully saturated rings. The van der Waals surface area contributed by atoms with Crippen molar-refractivity contribution >= 4 is 12.4 Å². The summed E-state index contributed by atoms with van der Waals surface area (Å²) >= 11 is 0. The molecular formula is C6H5BF4NO-. The van der Waals surface area contributed by atoms with E-state index in [9.17, 15) is 17.3 Å². The lowest BCUT2D eigenvalue weighted by Crippen LogP contribution is -2.37. The van der Waals surface area contributed by atoms with E-state index in [0.717, 1.165) is 13.3 Å². The van der Waals surface area contributed by atoms with E-state index in [1.165, 1.54) is 0 Å². The van der Waals surface area contributed by atoms with Crippen molar-refractivity contribution in [1.82, 2.24) is 4.98 Å². The number of hydrogen-bond donors (Lipinski definition) is 0. The van der Waals surface area contributed by atoms with Gasteiger partial charge in [-0.15, -0.1) is 0 Å². The maximum Gasteiger partial charge on any atom is 0.512 e. The Morgan fingerprint density at radius 2 is 2.00 bits per heavy atom. The highest BCUT2D eigenvalue weighted by Crippen LogP contribution is 2.16. The average Bonchev–Trinajstić information content (AvgIpc) is 2.02. The number of methoxy groups -OCH3 is 1. The molecule has 0 saturated heterocycles. The first kappa shape index (κ1) is 9.82. The van der Waals surface area contributed by atoms with Crippen LogP contribution in [0.4, 0.5) is 17.3 Å². The van der Waals surface area contributed by atoms with E-state index in [1.54, 1.807) is 0 Å². The molecule has 7 heteroatoms. The Bertz CT molecular complexity index is 314. The van der Waals surface area contributed by atoms with Crippen molar-refractivity contribution < 1.29 is 22.1 Å². The van der Waals surface area contributed by atoms with Crippen molar-refractivity contribution in [1.29, 1.82) is 0 Å². The fourth-order valence-corrected chi connectivity index (χ4v) is 0.834. The lowest BCUT2D eigenvalue weighted by molar-refractivity contribution is 0.369. The Hall–Kier alpha value is -1.27. The van der Waals surface area contributed by atoms with Crippen LogP contribution in [0.1, 0.15) is 0 Å². The molecule has 0 aliphatic rings. The summed E-state index contributed by atoms with van der Waals surface area (Å²) in [6.45, 7) is -5.35. The van der Waals surface area contributed by atoms with Crippen molar-refractivity contribution in [3.8, 4) is 5.88 Å². The van der Waals surface area contributed by atoms with Crippen LogP contribution in [0.25, 0.3) is 0 Å². The number of pyridine rings is 1. The second kappa shape index (κ2) is 3.23. The van der Waals surface area contributed by atoms with E-state index in [0.29, 0.717) is 6.07 Å². The van der Waals surface area contributed by atoms with Crippen LogP contribution in [0.5, 0.6) is 5.88 Å². The lowest BCUT2D eigenvalue weighted by Gasteiger charge is -2.16. The molecule has 0 aliphatic heterocycles. The van der Waals surface area contributed by atoms with Crippen molar-refractivity contribution in [2.24, 2.45) is 0 Å². The molecule has 0 aliphatic carbocycles. The molecule has 1 heterocycles. The van der Waals surface area contributed by atoms with E-state index < -0.39 is 24.1 Å². The highest BCUT2D eigenvalue weighted by molar-refractivity contribution is 6.73. The lowest BCUT2D eigenvalue weighted by atomic mass is 9.80. The highest BCUT2D eigenvalue weighted by atomic mass is 19.4. The molecule has 13 heavy (non-hydrogen) atoms. The fourth-order valence-electron chi connectivity index (χ4n) is 0.834. The monoisotopic (exact) mass is 194 g/mol. The van der Waals surface area contributed by atoms with Crippen LogP contribution in [-0.4, -0.2) is 19.1 Å². The summed E-state index contributed by atoms with van der Waals surface area (Å²) in [6, 6.07) is 0.581. The molecule has 2 nitrogen and oxygen atoms in total. The molecule has 0 radical (unpaired) electrons. The standard InChI is InChI=1S/C6H5BF4NO/c1-13-6-5(8)4(2-3-12-6)7(9,10)11/h2-3H,1H3/q-1. The SMILES string of the molecule is COc1nccc([B-](F)(F)F)c1F. The van der Waals surface area contributed by atoms with Gasteiger partial charge in [0.2, 0.25) is 5.88 Å². The first-order valence-electron chi connectivity index (χ1n) is 3.35. The maximum absolute atomic E-state index is 12.9. The minimum absolute atomic E-state index is 0.581. The van der Waals surface area contributed by atoms with Crippen molar-refractivity contribution in [3.63, 3.8) is 0 Å². The van der Waals surface area contributed by atoms with E-state index in [2.05, 4.69) is 9.72 Å². The van der Waals surface area contributed by atoms with Gasteiger partial charge < -0.3 is 17.7 Å². The van der Waals surface area contributed by atoms with E-state index in [1.807, 2.05) is 0 Å². The Kier molecular flexibility index (Phi) is 2.44. The predicted molar refractivity (Wildman–Crippen MR) is 39.5 cm³/mol. The summed E-state index contributed by atoms with van der Waals surface area (Å²) in [4.78, 5) is 3.28. The molecule has 0 N–H and O–H groups in total. The normalized spacial score (nSPS) is 11.5. The number of nitrogens with zero attached hydrogens (tertiary/aromatic N) is 1. The summed E-state index contributed by atoms with van der Waals surface area (Å²) in [5.41, 5.74) is -1.31. The molecule has 0 bridgehead atoms. The largest absolute Gasteiger partial charge is 0.512 e. The van der Waals surface area contributed by atoms with E-state index in [4.69, 9.17) is 0 Å². The topological polar surface area (TPSA) is 22.1 Å². The van der Waals surface area contributed by atoms with Crippen LogP contribution in [0.3, 0.4) is 0 Å². The molecule has 1 aromatic rings. The summed E-state index contributed by atoms with van der Waals surface area (Å²) in [6.07, 6.45) is 0.854. The molecule has 1 rings (SSSR count). The van der Waals surface area contributed by atoms with Gasteiger partial charge in [-0.05, 0) is 0 Å². The number of hydrogen-bond acceptors (Lipinski definition) is 2. The van der Waals surface area contributed by atoms with Gasteiger partial charge in [0, 0.05) is 6.20 Å². The summed E-state index contributed by atoms with van der Waals surface area (Å²) in [5, 5.41) is 0. The van der Waals surface area contributed by atoms with Gasteiger partial charge in [-0.1, -0.05) is 11.5 Å². The Morgan fingerprint density at radius 1 is 1.38 bits per heavy atom. The third kappa shape index (κ3) is 1.91. The van der Waals surface area contributed by atoms with E-state index >= 15 is 0 Å². The van der Waals surface area contributed by atoms with Crippen LogP contribution in [0, 0.1) is 5.82 Å². The molecule has 0 spiro atoms. The molecule has 0 unspecified atom stereocenters. The molecule has 0 saturated carbocycles. The smallest absolute Gasteiger partial charge is 0.479 e. The van der Waals surface area contributed by atoms with Gasteiger partial charge in [0.05, 0.1) is 7.11 Å². The zero-order valence-electron chi connectivity index (χ0n) is 6.60. The third-order valence-corrected chi connectivity index (χ3v) is 1.43. The zero-order valence-corrected chi connectivity index (χ0v) is 6.60. The van der Waals surface area contributed by atoms with Gasteiger partial charge in [0.15, 0.2) is 5.82 Å². The van der Waals surface area contributed by atoms with Crippen LogP contribution in [-0.2, 0) is 0 Å². The van der Waals surface area contributed by atoms with Crippen LogP contribution in [0.15, 0.2) is 12.3 Å². The molecule has 0 aromatic carbocycles. The third-order valence-electron chi connectivity index (χ3n) is 1.43. The van der Waals surface area contributed by atoms with E-state index in [-0.39, 0.29) is 0 Å². The Balaban J connectivity index is 3.24. The van der Waals surface area contributed by atoms with Crippen LogP contribution < -0.4 is 10.2 Å². The van der Waals surface area contributed by atoms with Gasteiger partial charge in [0.25, 0.3) is 0 Å². The first-order chi connectivity index (χ1) is 5.96. The Labute approximate surface area is 71.6 Å². The zero-order chi connectivity index (χ0) is 10.1. The second-order valence-corrected chi connectivity index (χ2v) is 2.30. The van der Waals surface area contributed by atoms with Gasteiger partial charge in [0.1, 0.15) is 0 Å². The fraction of sp³-hybridized carbons (Fsp3) is 0.167. The number of halogens is 4. The number of ether oxygens (including phenoxy) is 1. The minimum Gasteiger partial charge on any atom is -0.479 e. The molecule has 72 valence electrons. The maximum atomic E-state index is 12.9. The molecular weight excluding hydrogens is 189 g/mol. The predicted octanol–water partition coefficient (Wildman–Crippen LogP) is 1.28. The van der Waals surface area contributed by atoms with Crippen molar-refractivity contribution in [3.05, 3.63) is 18.1 Å². The van der Waals surface area contributed by atoms with Crippen LogP contribution >= 0.6 is 0 Å². The Morgan fingerprint density at radius 3 is 2.46 bits per heavy atom. The minimum atomic E-state index is -5.35. The second-order valence-electron chi connectivity index (χ2n) is 2.30. The van der Waals surface area contributed by atoms with Crippen LogP contribution in [0.2, 0.25) is 0 Å².